The van der Waals surface area contributed by atoms with Crippen molar-refractivity contribution in [1.82, 2.24) is 0 Å². The van der Waals surface area contributed by atoms with Crippen LogP contribution in [-0.4, -0.2) is 5.91 Å². The monoisotopic (exact) mass is 215 g/mol. The third-order valence-electron chi connectivity index (χ3n) is 1.30. The number of benzene rings is 1. The van der Waals surface area contributed by atoms with Crippen LogP contribution in [0.3, 0.4) is 0 Å². The van der Waals surface area contributed by atoms with Crippen molar-refractivity contribution in [2.45, 2.75) is 0 Å². The minimum atomic E-state index is -0.718. The topological polar surface area (TPSA) is 65.8 Å². The molecule has 0 spiro atoms. The van der Waals surface area contributed by atoms with E-state index in [-0.39, 0.29) is 10.6 Å². The van der Waals surface area contributed by atoms with E-state index in [1.54, 1.807) is 0 Å². The summed E-state index contributed by atoms with van der Waals surface area (Å²) in [5.41, 5.74) is 8.15. The summed E-state index contributed by atoms with van der Waals surface area (Å²) in [4.78, 5) is 13.4. The smallest absolute Gasteiger partial charge is 0.250 e. The van der Waals surface area contributed by atoms with E-state index in [4.69, 9.17) is 28.7 Å². The van der Waals surface area contributed by atoms with Crippen LogP contribution in [0.1, 0.15) is 10.4 Å². The molecule has 0 aliphatic rings. The van der Waals surface area contributed by atoms with Crippen molar-refractivity contribution in [2.75, 3.05) is 0 Å². The van der Waals surface area contributed by atoms with Crippen LogP contribution in [0.15, 0.2) is 23.3 Å². The Bertz CT molecular complexity index is 399. The molecule has 0 radical (unpaired) electrons. The summed E-state index contributed by atoms with van der Waals surface area (Å²) in [5, 5.41) is 3.49. The van der Waals surface area contributed by atoms with Gasteiger partial charge in [0, 0.05) is 15.5 Å². The summed E-state index contributed by atoms with van der Waals surface area (Å²) in [5.74, 6) is -0.718. The van der Waals surface area contributed by atoms with Crippen molar-refractivity contribution >= 4 is 29.1 Å². The highest BCUT2D eigenvalue weighted by Gasteiger charge is 2.07. The summed E-state index contributed by atoms with van der Waals surface area (Å²) in [6, 6.07) is 4.30. The van der Waals surface area contributed by atoms with Crippen molar-refractivity contribution in [3.8, 4) is 0 Å². The van der Waals surface area contributed by atoms with Crippen molar-refractivity contribution in [3.05, 3.63) is 44.3 Å². The number of carbonyl (C=O) groups is 1. The van der Waals surface area contributed by atoms with E-state index in [0.29, 0.717) is 5.02 Å². The molecule has 0 bridgehead atoms. The molecule has 0 N–H and O–H groups in total. The Balaban J connectivity index is 3.16. The van der Waals surface area contributed by atoms with Crippen molar-refractivity contribution in [3.63, 3.8) is 0 Å². The number of hydrogen-bond acceptors (Lipinski definition) is 1. The van der Waals surface area contributed by atoms with Gasteiger partial charge in [-0.15, -0.1) is 0 Å². The maximum atomic E-state index is 11.0. The molecule has 66 valence electrons. The molecule has 6 heteroatoms. The van der Waals surface area contributed by atoms with Gasteiger partial charge < -0.3 is 0 Å². The minimum absolute atomic E-state index is 0.142. The summed E-state index contributed by atoms with van der Waals surface area (Å²) in [6.45, 7) is 0. The largest absolute Gasteiger partial charge is 0.287 e. The second-order valence-electron chi connectivity index (χ2n) is 2.12. The van der Waals surface area contributed by atoms with E-state index in [9.17, 15) is 4.79 Å². The van der Waals surface area contributed by atoms with Gasteiger partial charge in [-0.05, 0) is 28.8 Å². The first-order valence-corrected chi connectivity index (χ1v) is 3.95. The number of rotatable bonds is 1. The second-order valence-corrected chi connectivity index (χ2v) is 2.96. The first kappa shape index (κ1) is 9.86. The summed E-state index contributed by atoms with van der Waals surface area (Å²) in [7, 11) is 0. The lowest BCUT2D eigenvalue weighted by Crippen LogP contribution is -1.93. The van der Waals surface area contributed by atoms with Crippen LogP contribution < -0.4 is 0 Å². The van der Waals surface area contributed by atoms with Gasteiger partial charge in [-0.1, -0.05) is 23.2 Å². The Morgan fingerprint density at radius 2 is 2.15 bits per heavy atom. The number of hydrogen-bond donors (Lipinski definition) is 0. The van der Waals surface area contributed by atoms with Crippen LogP contribution in [0, 0.1) is 0 Å². The van der Waals surface area contributed by atoms with Gasteiger partial charge in [-0.2, -0.15) is 0 Å². The van der Waals surface area contributed by atoms with Crippen molar-refractivity contribution in [2.24, 2.45) is 5.11 Å². The van der Waals surface area contributed by atoms with Gasteiger partial charge >= 0.3 is 0 Å². The first-order valence-electron chi connectivity index (χ1n) is 3.19. The summed E-state index contributed by atoms with van der Waals surface area (Å²) < 4.78 is 0. The first-order chi connectivity index (χ1) is 6.15. The molecule has 0 aliphatic heterocycles. The van der Waals surface area contributed by atoms with Gasteiger partial charge in [-0.3, -0.25) is 4.79 Å². The van der Waals surface area contributed by atoms with Crippen LogP contribution in [0.4, 0.5) is 0 Å². The van der Waals surface area contributed by atoms with Gasteiger partial charge in [0.15, 0.2) is 0 Å². The molecule has 0 saturated heterocycles. The molecular weight excluding hydrogens is 213 g/mol. The predicted molar refractivity (Wildman–Crippen MR) is 49.9 cm³/mol. The molecule has 0 saturated carbocycles. The third-order valence-corrected chi connectivity index (χ3v) is 1.84. The van der Waals surface area contributed by atoms with Crippen LogP contribution in [-0.2, 0) is 0 Å². The van der Waals surface area contributed by atoms with E-state index < -0.39 is 5.91 Å². The Hall–Kier alpha value is -1.22. The SMILES string of the molecule is [N-]=[N+]=NC(=O)c1ccc(Cl)cc1Cl. The zero-order valence-electron chi connectivity index (χ0n) is 6.24. The molecular formula is C7H3Cl2N3O. The molecule has 4 nitrogen and oxygen atoms in total. The van der Waals surface area contributed by atoms with E-state index in [1.165, 1.54) is 18.2 Å². The fourth-order valence-electron chi connectivity index (χ4n) is 0.757. The molecule has 1 rings (SSSR count). The van der Waals surface area contributed by atoms with Crippen LogP contribution in [0.2, 0.25) is 10.0 Å². The van der Waals surface area contributed by atoms with Crippen molar-refractivity contribution < 1.29 is 4.79 Å². The van der Waals surface area contributed by atoms with Crippen LogP contribution >= 0.6 is 23.2 Å². The molecule has 0 unspecified atom stereocenters. The average Bonchev–Trinajstić information content (AvgIpc) is 2.04. The number of amides is 1. The fraction of sp³-hybridized carbons (Fsp3) is 0. The molecule has 0 heterocycles. The molecule has 0 aliphatic carbocycles. The lowest BCUT2D eigenvalue weighted by Gasteiger charge is -1.98. The van der Waals surface area contributed by atoms with E-state index in [2.05, 4.69) is 10.0 Å². The Kier molecular flexibility index (Phi) is 3.14. The van der Waals surface area contributed by atoms with E-state index >= 15 is 0 Å². The highest BCUT2D eigenvalue weighted by molar-refractivity contribution is 6.36. The highest BCUT2D eigenvalue weighted by Crippen LogP contribution is 2.21. The maximum Gasteiger partial charge on any atom is 0.250 e. The zero-order chi connectivity index (χ0) is 9.84. The summed E-state index contributed by atoms with van der Waals surface area (Å²) >= 11 is 11.3. The highest BCUT2D eigenvalue weighted by atomic mass is 35.5. The van der Waals surface area contributed by atoms with Gasteiger partial charge in [0.25, 0.3) is 5.91 Å². The maximum absolute atomic E-state index is 11.0. The third kappa shape index (κ3) is 2.36. The molecule has 0 fully saturated rings. The number of azide groups is 1. The minimum Gasteiger partial charge on any atom is -0.287 e. The fourth-order valence-corrected chi connectivity index (χ4v) is 1.25. The van der Waals surface area contributed by atoms with E-state index in [0.717, 1.165) is 0 Å². The Labute approximate surface area is 83.7 Å². The van der Waals surface area contributed by atoms with Gasteiger partial charge in [0.05, 0.1) is 5.02 Å². The molecule has 0 aromatic heterocycles. The van der Waals surface area contributed by atoms with E-state index in [1.807, 2.05) is 0 Å². The normalized spacial score (nSPS) is 9.08. The number of halogens is 2. The quantitative estimate of drug-likeness (QED) is 0.402. The molecule has 0 atom stereocenters. The molecule has 1 aromatic carbocycles. The van der Waals surface area contributed by atoms with Crippen LogP contribution in [0.5, 0.6) is 0 Å². The molecule has 1 aromatic rings. The predicted octanol–water partition coefficient (Wildman–Crippen LogP) is 3.44. The Morgan fingerprint density at radius 1 is 1.46 bits per heavy atom. The second kappa shape index (κ2) is 4.14. The zero-order valence-corrected chi connectivity index (χ0v) is 7.75. The number of nitrogens with zero attached hydrogens (tertiary/aromatic N) is 3. The van der Waals surface area contributed by atoms with Gasteiger partial charge in [0.1, 0.15) is 0 Å². The standard InChI is InChI=1S/C7H3Cl2N3O/c8-4-1-2-5(6(9)3-4)7(13)11-12-10/h1-3H. The lowest BCUT2D eigenvalue weighted by molar-refractivity contribution is 0.100. The van der Waals surface area contributed by atoms with Crippen molar-refractivity contribution in [1.29, 1.82) is 0 Å². The average molecular weight is 216 g/mol. The molecule has 13 heavy (non-hydrogen) atoms. The van der Waals surface area contributed by atoms with Gasteiger partial charge in [0.2, 0.25) is 0 Å². The van der Waals surface area contributed by atoms with Crippen LogP contribution in [0.25, 0.3) is 10.4 Å². The lowest BCUT2D eigenvalue weighted by atomic mass is 10.2. The number of carbonyl (C=O) groups excluding carboxylic acids is 1. The molecule has 1 amide bonds. The van der Waals surface area contributed by atoms with Gasteiger partial charge in [-0.25, -0.2) is 0 Å². The Morgan fingerprint density at radius 3 is 2.69 bits per heavy atom. The summed E-state index contributed by atoms with van der Waals surface area (Å²) in [6.07, 6.45) is 0.